The lowest BCUT2D eigenvalue weighted by atomic mass is 9.51. The number of hydrogen-bond donors (Lipinski definition) is 0. The van der Waals surface area contributed by atoms with E-state index in [9.17, 15) is 0 Å². The van der Waals surface area contributed by atoms with Gasteiger partial charge in [0.15, 0.2) is 0 Å². The van der Waals surface area contributed by atoms with E-state index in [0.29, 0.717) is 10.8 Å². The van der Waals surface area contributed by atoms with Gasteiger partial charge in [-0.05, 0) is 78.9 Å². The molecule has 0 bridgehead atoms. The molecule has 0 radical (unpaired) electrons. The molecule has 0 N–H and O–H groups in total. The number of hydrogen-bond acceptors (Lipinski definition) is 0. The molecule has 0 aromatic heterocycles. The molecule has 4 rings (SSSR count). The van der Waals surface area contributed by atoms with Crippen LogP contribution in [0.1, 0.15) is 104 Å². The minimum absolute atomic E-state index is 0.560. The average molecular weight is 317 g/mol. The lowest BCUT2D eigenvalue weighted by molar-refractivity contribution is -0.0517. The smallest absolute Gasteiger partial charge is 0.0267 e. The molecule has 0 spiro atoms. The first kappa shape index (κ1) is 16.5. The predicted octanol–water partition coefficient (Wildman–Crippen LogP) is 7.23. The van der Waals surface area contributed by atoms with E-state index in [0.717, 1.165) is 29.6 Å². The van der Waals surface area contributed by atoms with Gasteiger partial charge in [0, 0.05) is 0 Å². The van der Waals surface area contributed by atoms with E-state index in [1.165, 1.54) is 57.8 Å². The molecule has 0 heteroatoms. The Morgan fingerprint density at radius 2 is 1.04 bits per heavy atom. The molecule has 0 aromatic rings. The molecule has 23 heavy (non-hydrogen) atoms. The van der Waals surface area contributed by atoms with Crippen molar-refractivity contribution in [3.8, 4) is 0 Å². The summed E-state index contributed by atoms with van der Waals surface area (Å²) in [6.07, 6.45) is 19.9. The molecule has 4 unspecified atom stereocenters. The van der Waals surface area contributed by atoms with Gasteiger partial charge in [-0.2, -0.15) is 0 Å². The monoisotopic (exact) mass is 316 g/mol. The lowest BCUT2D eigenvalue weighted by Crippen LogP contribution is -2.46. The SMILES string of the molecule is CC1(C(C)(C)C2C3CCCCC3C3CCCCC32)CCCCC1. The molecule has 0 aliphatic heterocycles. The normalized spacial score (nSPS) is 43.7. The van der Waals surface area contributed by atoms with E-state index in [-0.39, 0.29) is 0 Å². The van der Waals surface area contributed by atoms with Crippen molar-refractivity contribution >= 4 is 0 Å². The molecule has 4 saturated carbocycles. The van der Waals surface area contributed by atoms with Crippen LogP contribution >= 0.6 is 0 Å². The third kappa shape index (κ3) is 2.53. The van der Waals surface area contributed by atoms with Crippen LogP contribution in [0.2, 0.25) is 0 Å². The first-order valence-corrected chi connectivity index (χ1v) is 11.0. The van der Waals surface area contributed by atoms with Crippen LogP contribution in [0.4, 0.5) is 0 Å². The van der Waals surface area contributed by atoms with Gasteiger partial charge in [0.1, 0.15) is 0 Å². The van der Waals surface area contributed by atoms with Crippen LogP contribution in [-0.4, -0.2) is 0 Å². The van der Waals surface area contributed by atoms with E-state index in [1.807, 2.05) is 0 Å². The highest BCUT2D eigenvalue weighted by Crippen LogP contribution is 2.66. The average Bonchev–Trinajstić information content (AvgIpc) is 2.90. The maximum Gasteiger partial charge on any atom is -0.0267 e. The number of rotatable bonds is 2. The Hall–Kier alpha value is 0. The van der Waals surface area contributed by atoms with Crippen LogP contribution in [0, 0.1) is 40.4 Å². The van der Waals surface area contributed by atoms with Crippen molar-refractivity contribution in [3.05, 3.63) is 0 Å². The zero-order valence-electron chi connectivity index (χ0n) is 16.1. The molecule has 4 fully saturated rings. The molecular formula is C23H40. The fourth-order valence-electron chi connectivity index (χ4n) is 8.10. The van der Waals surface area contributed by atoms with Gasteiger partial charge in [0.05, 0.1) is 0 Å². The van der Waals surface area contributed by atoms with Crippen LogP contribution in [0.25, 0.3) is 0 Å². The summed E-state index contributed by atoms with van der Waals surface area (Å²) in [6, 6.07) is 0. The fourth-order valence-corrected chi connectivity index (χ4v) is 8.10. The Balaban J connectivity index is 1.67. The van der Waals surface area contributed by atoms with Crippen LogP contribution in [-0.2, 0) is 0 Å². The van der Waals surface area contributed by atoms with E-state index < -0.39 is 0 Å². The third-order valence-corrected chi connectivity index (χ3v) is 9.57. The molecule has 0 nitrogen and oxygen atoms in total. The molecule has 4 atom stereocenters. The number of fused-ring (bicyclic) bond motifs is 3. The second-order valence-electron chi connectivity index (χ2n) is 10.6. The molecule has 132 valence electrons. The quantitative estimate of drug-likeness (QED) is 0.504. The zero-order chi connectivity index (χ0) is 16.1. The van der Waals surface area contributed by atoms with Crippen molar-refractivity contribution in [2.75, 3.05) is 0 Å². The Morgan fingerprint density at radius 1 is 0.609 bits per heavy atom. The van der Waals surface area contributed by atoms with Crippen LogP contribution in [0.5, 0.6) is 0 Å². The lowest BCUT2D eigenvalue weighted by Gasteiger charge is -2.54. The predicted molar refractivity (Wildman–Crippen MR) is 99.4 cm³/mol. The Bertz CT molecular complexity index is 392. The summed E-state index contributed by atoms with van der Waals surface area (Å²) in [5.41, 5.74) is 1.18. The van der Waals surface area contributed by atoms with Gasteiger partial charge < -0.3 is 0 Å². The first-order valence-electron chi connectivity index (χ1n) is 11.0. The van der Waals surface area contributed by atoms with Gasteiger partial charge in [-0.25, -0.2) is 0 Å². The van der Waals surface area contributed by atoms with Gasteiger partial charge in [0.25, 0.3) is 0 Å². The van der Waals surface area contributed by atoms with E-state index in [1.54, 1.807) is 25.7 Å². The van der Waals surface area contributed by atoms with Gasteiger partial charge in [-0.1, -0.05) is 65.7 Å². The minimum atomic E-state index is 0.560. The molecular weight excluding hydrogens is 276 g/mol. The second-order valence-corrected chi connectivity index (χ2v) is 10.6. The van der Waals surface area contributed by atoms with Gasteiger partial charge >= 0.3 is 0 Å². The van der Waals surface area contributed by atoms with Crippen molar-refractivity contribution < 1.29 is 0 Å². The minimum Gasteiger partial charge on any atom is -0.0591 e. The van der Waals surface area contributed by atoms with Crippen molar-refractivity contribution in [2.45, 2.75) is 104 Å². The molecule has 0 amide bonds. The molecule has 0 saturated heterocycles. The summed E-state index contributed by atoms with van der Waals surface area (Å²) < 4.78 is 0. The Morgan fingerprint density at radius 3 is 1.52 bits per heavy atom. The summed E-state index contributed by atoms with van der Waals surface area (Å²) in [4.78, 5) is 0. The van der Waals surface area contributed by atoms with Crippen molar-refractivity contribution in [1.82, 2.24) is 0 Å². The van der Waals surface area contributed by atoms with Crippen molar-refractivity contribution in [3.63, 3.8) is 0 Å². The maximum atomic E-state index is 2.71. The van der Waals surface area contributed by atoms with Crippen LogP contribution < -0.4 is 0 Å². The third-order valence-electron chi connectivity index (χ3n) is 9.57. The Kier molecular flexibility index (Phi) is 4.34. The van der Waals surface area contributed by atoms with Crippen molar-refractivity contribution in [2.24, 2.45) is 40.4 Å². The highest BCUT2D eigenvalue weighted by Gasteiger charge is 2.59. The Labute approximate surface area is 145 Å². The molecule has 0 aromatic carbocycles. The van der Waals surface area contributed by atoms with E-state index in [2.05, 4.69) is 20.8 Å². The summed E-state index contributed by atoms with van der Waals surface area (Å²) in [6.45, 7) is 8.11. The van der Waals surface area contributed by atoms with Gasteiger partial charge in [-0.3, -0.25) is 0 Å². The molecule has 0 heterocycles. The highest BCUT2D eigenvalue weighted by atomic mass is 14.6. The topological polar surface area (TPSA) is 0 Å². The van der Waals surface area contributed by atoms with E-state index >= 15 is 0 Å². The standard InChI is InChI=1S/C23H40/c1-22(2,23(3)15-9-4-10-16-23)21-19-13-7-5-11-17(19)18-12-6-8-14-20(18)21/h17-21H,4-16H2,1-3H3. The van der Waals surface area contributed by atoms with Gasteiger partial charge in [0.2, 0.25) is 0 Å². The fraction of sp³-hybridized carbons (Fsp3) is 1.00. The van der Waals surface area contributed by atoms with E-state index in [4.69, 9.17) is 0 Å². The first-order chi connectivity index (χ1) is 11.0. The van der Waals surface area contributed by atoms with Crippen molar-refractivity contribution in [1.29, 1.82) is 0 Å². The summed E-state index contributed by atoms with van der Waals surface area (Å²) in [5, 5.41) is 0. The summed E-state index contributed by atoms with van der Waals surface area (Å²) in [7, 11) is 0. The van der Waals surface area contributed by atoms with Crippen LogP contribution in [0.15, 0.2) is 0 Å². The van der Waals surface area contributed by atoms with Crippen LogP contribution in [0.3, 0.4) is 0 Å². The second kappa shape index (κ2) is 6.06. The summed E-state index contributed by atoms with van der Waals surface area (Å²) >= 11 is 0. The van der Waals surface area contributed by atoms with Gasteiger partial charge in [-0.15, -0.1) is 0 Å². The zero-order valence-corrected chi connectivity index (χ0v) is 16.1. The molecule has 4 aliphatic rings. The largest absolute Gasteiger partial charge is 0.0591 e. The molecule has 4 aliphatic carbocycles. The highest BCUT2D eigenvalue weighted by molar-refractivity contribution is 5.08. The summed E-state index contributed by atoms with van der Waals surface area (Å²) in [5.74, 6) is 5.45. The maximum absolute atomic E-state index is 2.71.